The molecular weight excluding hydrogens is 641 g/mol. The SMILES string of the molecule is CCCCCCCCCCC/C=C/C/C=C/CCCC(=O)OC[C@@H](COP(=O)(O)OCC[N+](C)(C)C)OC(=O)CCCCCCCCCC. The summed E-state index contributed by atoms with van der Waals surface area (Å²) in [5.74, 6) is -0.855. The van der Waals surface area contributed by atoms with E-state index >= 15 is 0 Å². The van der Waals surface area contributed by atoms with Crippen molar-refractivity contribution >= 4 is 19.8 Å². The second-order valence-electron chi connectivity index (χ2n) is 14.3. The van der Waals surface area contributed by atoms with E-state index in [2.05, 4.69) is 38.2 Å². The Labute approximate surface area is 300 Å². The van der Waals surface area contributed by atoms with Crippen molar-refractivity contribution < 1.29 is 42.1 Å². The van der Waals surface area contributed by atoms with Crippen LogP contribution in [0.5, 0.6) is 0 Å². The lowest BCUT2D eigenvalue weighted by molar-refractivity contribution is -0.870. The summed E-state index contributed by atoms with van der Waals surface area (Å²) in [5.41, 5.74) is 0. The van der Waals surface area contributed by atoms with Crippen LogP contribution in [0.25, 0.3) is 0 Å². The zero-order valence-electron chi connectivity index (χ0n) is 32.2. The maximum Gasteiger partial charge on any atom is 0.472 e. The van der Waals surface area contributed by atoms with Crippen molar-refractivity contribution in [3.63, 3.8) is 0 Å². The van der Waals surface area contributed by atoms with Gasteiger partial charge in [0.25, 0.3) is 0 Å². The molecule has 0 fully saturated rings. The third-order valence-corrected chi connectivity index (χ3v) is 9.22. The van der Waals surface area contributed by atoms with Crippen molar-refractivity contribution in [2.24, 2.45) is 0 Å². The van der Waals surface area contributed by atoms with Gasteiger partial charge in [-0.3, -0.25) is 18.6 Å². The van der Waals surface area contributed by atoms with Crippen molar-refractivity contribution in [1.29, 1.82) is 0 Å². The van der Waals surface area contributed by atoms with E-state index in [4.69, 9.17) is 18.5 Å². The molecule has 0 aliphatic carbocycles. The van der Waals surface area contributed by atoms with E-state index < -0.39 is 32.5 Å². The van der Waals surface area contributed by atoms with E-state index in [1.807, 2.05) is 21.1 Å². The Kier molecular flexibility index (Phi) is 31.4. The second kappa shape index (κ2) is 32.4. The highest BCUT2D eigenvalue weighted by molar-refractivity contribution is 7.47. The highest BCUT2D eigenvalue weighted by Gasteiger charge is 2.27. The summed E-state index contributed by atoms with van der Waals surface area (Å²) in [4.78, 5) is 35.0. The maximum atomic E-state index is 12.5. The number of carbonyl (C=O) groups excluding carboxylic acids is 2. The lowest BCUT2D eigenvalue weighted by Gasteiger charge is -2.24. The van der Waals surface area contributed by atoms with Gasteiger partial charge in [0.1, 0.15) is 19.8 Å². The number of ether oxygens (including phenoxy) is 2. The normalized spacial score (nSPS) is 14.0. The van der Waals surface area contributed by atoms with Crippen LogP contribution in [0.3, 0.4) is 0 Å². The molecular formula is C39H75NO8P+. The van der Waals surface area contributed by atoms with Gasteiger partial charge >= 0.3 is 19.8 Å². The number of nitrogens with zero attached hydrogens (tertiary/aromatic N) is 1. The number of phosphoric ester groups is 1. The summed E-state index contributed by atoms with van der Waals surface area (Å²) in [6, 6.07) is 0. The van der Waals surface area contributed by atoms with E-state index in [0.29, 0.717) is 23.9 Å². The minimum atomic E-state index is -4.37. The molecule has 0 saturated heterocycles. The van der Waals surface area contributed by atoms with Crippen LogP contribution < -0.4 is 0 Å². The van der Waals surface area contributed by atoms with E-state index in [1.54, 1.807) is 0 Å². The van der Waals surface area contributed by atoms with Gasteiger partial charge in [-0.1, -0.05) is 134 Å². The van der Waals surface area contributed by atoms with E-state index in [1.165, 1.54) is 83.5 Å². The molecule has 0 rings (SSSR count). The largest absolute Gasteiger partial charge is 0.472 e. The Morgan fingerprint density at radius 1 is 0.633 bits per heavy atom. The topological polar surface area (TPSA) is 108 Å². The van der Waals surface area contributed by atoms with Gasteiger partial charge in [0.15, 0.2) is 6.10 Å². The lowest BCUT2D eigenvalue weighted by Crippen LogP contribution is -2.37. The minimum absolute atomic E-state index is 0.0270. The van der Waals surface area contributed by atoms with E-state index in [0.717, 1.165) is 38.5 Å². The van der Waals surface area contributed by atoms with Crippen LogP contribution in [-0.2, 0) is 32.7 Å². The molecule has 49 heavy (non-hydrogen) atoms. The number of allylic oxidation sites excluding steroid dienone is 4. The predicted molar refractivity (Wildman–Crippen MR) is 201 cm³/mol. The average molecular weight is 717 g/mol. The van der Waals surface area contributed by atoms with Crippen LogP contribution in [0.15, 0.2) is 24.3 Å². The van der Waals surface area contributed by atoms with Crippen molar-refractivity contribution in [2.45, 2.75) is 168 Å². The fourth-order valence-corrected chi connectivity index (χ4v) is 5.85. The predicted octanol–water partition coefficient (Wildman–Crippen LogP) is 10.4. The molecule has 0 aromatic carbocycles. The number of esters is 2. The van der Waals surface area contributed by atoms with Gasteiger partial charge in [-0.05, 0) is 38.5 Å². The molecule has 0 bridgehead atoms. The molecule has 0 aliphatic heterocycles. The molecule has 0 amide bonds. The van der Waals surface area contributed by atoms with Crippen LogP contribution >= 0.6 is 7.82 Å². The Morgan fingerprint density at radius 3 is 1.67 bits per heavy atom. The molecule has 0 radical (unpaired) electrons. The molecule has 288 valence electrons. The lowest BCUT2D eigenvalue weighted by atomic mass is 10.1. The molecule has 1 unspecified atom stereocenters. The summed E-state index contributed by atoms with van der Waals surface area (Å²) in [5, 5.41) is 0. The number of hydrogen-bond donors (Lipinski definition) is 1. The molecule has 10 heteroatoms. The molecule has 0 saturated carbocycles. The van der Waals surface area contributed by atoms with Crippen molar-refractivity contribution in [1.82, 2.24) is 0 Å². The standard InChI is InChI=1S/C39H74NO8P/c1-6-8-10-12-14-16-17-18-19-20-21-22-23-24-26-27-29-31-38(41)45-35-37(36-47-49(43,44)46-34-33-40(3,4)5)48-39(42)32-30-28-25-15-13-11-9-7-2/h21-22,24,26,37H,6-20,23,25,27-36H2,1-5H3/p+1/b22-21+,26-24+/t37-/m0/s1. The second-order valence-corrected chi connectivity index (χ2v) is 15.8. The fourth-order valence-electron chi connectivity index (χ4n) is 5.11. The highest BCUT2D eigenvalue weighted by Crippen LogP contribution is 2.43. The van der Waals surface area contributed by atoms with Gasteiger partial charge in [0.05, 0.1) is 27.7 Å². The van der Waals surface area contributed by atoms with Crippen molar-refractivity contribution in [3.05, 3.63) is 24.3 Å². The maximum absolute atomic E-state index is 12.5. The average Bonchev–Trinajstić information content (AvgIpc) is 3.04. The Morgan fingerprint density at radius 2 is 1.12 bits per heavy atom. The molecule has 0 aromatic rings. The first-order chi connectivity index (χ1) is 23.5. The molecule has 0 spiro atoms. The number of phosphoric acid groups is 1. The molecule has 0 heterocycles. The molecule has 2 atom stereocenters. The number of unbranched alkanes of at least 4 members (excludes halogenated alkanes) is 17. The summed E-state index contributed by atoms with van der Waals surface area (Å²) in [6.07, 6.45) is 32.5. The van der Waals surface area contributed by atoms with Gasteiger partial charge in [-0.2, -0.15) is 0 Å². The Balaban J connectivity index is 4.40. The smallest absolute Gasteiger partial charge is 0.462 e. The number of quaternary nitrogens is 1. The van der Waals surface area contributed by atoms with Gasteiger partial charge in [0.2, 0.25) is 0 Å². The minimum Gasteiger partial charge on any atom is -0.462 e. The van der Waals surface area contributed by atoms with E-state index in [-0.39, 0.29) is 26.1 Å². The number of rotatable bonds is 35. The highest BCUT2D eigenvalue weighted by atomic mass is 31.2. The summed E-state index contributed by atoms with van der Waals surface area (Å²) < 4.78 is 34.0. The molecule has 9 nitrogen and oxygen atoms in total. The monoisotopic (exact) mass is 717 g/mol. The quantitative estimate of drug-likeness (QED) is 0.0227. The van der Waals surface area contributed by atoms with Crippen molar-refractivity contribution in [2.75, 3.05) is 47.5 Å². The van der Waals surface area contributed by atoms with Crippen molar-refractivity contribution in [3.8, 4) is 0 Å². The zero-order chi connectivity index (χ0) is 36.5. The van der Waals surface area contributed by atoms with Crippen LogP contribution in [0.1, 0.15) is 162 Å². The van der Waals surface area contributed by atoms with Crippen LogP contribution in [-0.4, -0.2) is 74.9 Å². The van der Waals surface area contributed by atoms with Gasteiger partial charge in [-0.25, -0.2) is 4.57 Å². The third-order valence-electron chi connectivity index (χ3n) is 8.23. The van der Waals surface area contributed by atoms with Crippen LogP contribution in [0.2, 0.25) is 0 Å². The number of likely N-dealkylation sites (N-methyl/N-ethyl adjacent to an activating group) is 1. The van der Waals surface area contributed by atoms with Crippen LogP contribution in [0, 0.1) is 0 Å². The first-order valence-corrected chi connectivity index (χ1v) is 21.1. The number of carbonyl (C=O) groups is 2. The van der Waals surface area contributed by atoms with Gasteiger partial charge in [-0.15, -0.1) is 0 Å². The summed E-state index contributed by atoms with van der Waals surface area (Å²) in [7, 11) is 1.46. The molecule has 1 N–H and O–H groups in total. The summed E-state index contributed by atoms with van der Waals surface area (Å²) >= 11 is 0. The zero-order valence-corrected chi connectivity index (χ0v) is 33.1. The summed E-state index contributed by atoms with van der Waals surface area (Å²) in [6.45, 7) is 4.33. The third kappa shape index (κ3) is 36.1. The van der Waals surface area contributed by atoms with Gasteiger partial charge in [0, 0.05) is 12.8 Å². The Hall–Kier alpha value is -1.51. The molecule has 0 aliphatic rings. The van der Waals surface area contributed by atoms with E-state index in [9.17, 15) is 19.0 Å². The Bertz CT molecular complexity index is 902. The van der Waals surface area contributed by atoms with Crippen LogP contribution in [0.4, 0.5) is 0 Å². The first kappa shape index (κ1) is 47.5. The van der Waals surface area contributed by atoms with Gasteiger partial charge < -0.3 is 18.9 Å². The first-order valence-electron chi connectivity index (χ1n) is 19.6. The fraction of sp³-hybridized carbons (Fsp3) is 0.846. The molecule has 0 aromatic heterocycles. The number of hydrogen-bond acceptors (Lipinski definition) is 7.